The van der Waals surface area contributed by atoms with Crippen molar-refractivity contribution in [2.45, 2.75) is 104 Å². The quantitative estimate of drug-likeness (QED) is 0.272. The van der Waals surface area contributed by atoms with Gasteiger partial charge in [0.05, 0.1) is 6.61 Å². The van der Waals surface area contributed by atoms with Gasteiger partial charge in [0.15, 0.2) is 0 Å². The summed E-state index contributed by atoms with van der Waals surface area (Å²) in [6.45, 7) is 19.1. The molecule has 2 unspecified atom stereocenters. The van der Waals surface area contributed by atoms with Crippen molar-refractivity contribution in [1.29, 1.82) is 0 Å². The Morgan fingerprint density at radius 3 is 2.00 bits per heavy atom. The van der Waals surface area contributed by atoms with Crippen molar-refractivity contribution in [2.75, 3.05) is 0 Å². The van der Waals surface area contributed by atoms with Crippen molar-refractivity contribution in [3.63, 3.8) is 0 Å². The van der Waals surface area contributed by atoms with Gasteiger partial charge in [-0.3, -0.25) is 0 Å². The summed E-state index contributed by atoms with van der Waals surface area (Å²) in [7, 11) is 0.528. The Bertz CT molecular complexity index is 1150. The van der Waals surface area contributed by atoms with Crippen LogP contribution in [0.1, 0.15) is 102 Å². The van der Waals surface area contributed by atoms with Crippen molar-refractivity contribution >= 4 is 13.9 Å². The summed E-state index contributed by atoms with van der Waals surface area (Å²) in [6, 6.07) is 23.7. The number of benzene rings is 3. The first-order valence-corrected chi connectivity index (χ1v) is 14.7. The maximum atomic E-state index is 10.1. The van der Waals surface area contributed by atoms with Crippen LogP contribution in [0.3, 0.4) is 0 Å². The van der Waals surface area contributed by atoms with Gasteiger partial charge in [-0.1, -0.05) is 144 Å². The monoisotopic (exact) mass is 518 g/mol. The number of hydrogen-bond acceptors (Lipinski definition) is 2. The number of hydrogen-bond donors (Lipinski definition) is 1. The number of unbranched alkanes of at least 4 members (excludes halogenated alkanes) is 1. The minimum absolute atomic E-state index is 0.0183. The van der Waals surface area contributed by atoms with Crippen LogP contribution in [-0.4, -0.2) is 5.11 Å². The Morgan fingerprint density at radius 1 is 0.784 bits per heavy atom. The van der Waals surface area contributed by atoms with Crippen LogP contribution in [0.4, 0.5) is 0 Å². The molecule has 0 radical (unpaired) electrons. The molecule has 3 rings (SSSR count). The molecular weight excluding hydrogens is 471 g/mol. The second-order valence-electron chi connectivity index (χ2n) is 12.6. The van der Waals surface area contributed by atoms with Crippen molar-refractivity contribution in [3.8, 4) is 5.75 Å². The highest BCUT2D eigenvalue weighted by molar-refractivity contribution is 7.48. The van der Waals surface area contributed by atoms with E-state index in [1.807, 2.05) is 6.07 Å². The van der Waals surface area contributed by atoms with E-state index in [0.717, 1.165) is 30.6 Å². The topological polar surface area (TPSA) is 29.5 Å². The molecule has 37 heavy (non-hydrogen) atoms. The van der Waals surface area contributed by atoms with Gasteiger partial charge in [0.25, 0.3) is 0 Å². The minimum atomic E-state index is -0.117. The molecule has 3 aromatic carbocycles. The molecule has 0 spiro atoms. The Kier molecular flexibility index (Phi) is 9.65. The summed E-state index contributed by atoms with van der Waals surface area (Å²) in [5, 5.41) is 11.2. The molecule has 0 amide bonds. The van der Waals surface area contributed by atoms with Crippen LogP contribution in [0, 0.1) is 0 Å². The van der Waals surface area contributed by atoms with Crippen molar-refractivity contribution in [3.05, 3.63) is 94.5 Å². The Hall–Kier alpha value is -2.15. The lowest BCUT2D eigenvalue weighted by Crippen LogP contribution is -2.26. The van der Waals surface area contributed by atoms with Gasteiger partial charge in [0, 0.05) is 16.3 Å². The van der Waals surface area contributed by atoms with Gasteiger partial charge < -0.3 is 9.84 Å². The zero-order chi connectivity index (χ0) is 27.3. The molecule has 0 aliphatic carbocycles. The second kappa shape index (κ2) is 12.1. The lowest BCUT2D eigenvalue weighted by Gasteiger charge is -2.37. The fourth-order valence-electron chi connectivity index (χ4n) is 4.79. The molecule has 2 atom stereocenters. The first kappa shape index (κ1) is 29.4. The molecule has 1 N–H and O–H groups in total. The fourth-order valence-corrected chi connectivity index (χ4v) is 6.51. The molecule has 0 fully saturated rings. The van der Waals surface area contributed by atoms with Gasteiger partial charge in [-0.15, -0.1) is 0 Å². The van der Waals surface area contributed by atoms with Crippen LogP contribution in [-0.2, 0) is 29.2 Å². The SMILES string of the molecule is CCCCC(C)(Pc1ccccc1CO)c1cc(C(C)(C)C)cc(C(C)(C)C)c1OCc1ccccc1. The third-order valence-electron chi connectivity index (χ3n) is 7.21. The van der Waals surface area contributed by atoms with Gasteiger partial charge >= 0.3 is 0 Å². The molecule has 0 aromatic heterocycles. The van der Waals surface area contributed by atoms with Gasteiger partial charge in [-0.25, -0.2) is 0 Å². The Balaban J connectivity index is 2.27. The molecule has 200 valence electrons. The molecular formula is C34H47O2P. The number of aliphatic hydroxyl groups is 1. The van der Waals surface area contributed by atoms with Gasteiger partial charge in [0.2, 0.25) is 0 Å². The van der Waals surface area contributed by atoms with Crippen LogP contribution in [0.2, 0.25) is 0 Å². The molecule has 3 aromatic rings. The molecule has 3 heteroatoms. The van der Waals surface area contributed by atoms with Crippen LogP contribution in [0.5, 0.6) is 5.75 Å². The number of aliphatic hydroxyl groups excluding tert-OH is 1. The lowest BCUT2D eigenvalue weighted by atomic mass is 9.76. The van der Waals surface area contributed by atoms with Crippen molar-refractivity contribution in [2.24, 2.45) is 0 Å². The maximum Gasteiger partial charge on any atom is 0.127 e. The summed E-state index contributed by atoms with van der Waals surface area (Å²) in [5.41, 5.74) is 6.08. The van der Waals surface area contributed by atoms with Crippen LogP contribution < -0.4 is 10.0 Å². The predicted octanol–water partition coefficient (Wildman–Crippen LogP) is 8.76. The molecule has 0 heterocycles. The molecule has 0 bridgehead atoms. The molecule has 0 aliphatic rings. The maximum absolute atomic E-state index is 10.1. The summed E-state index contributed by atoms with van der Waals surface area (Å²) in [4.78, 5) is 0. The van der Waals surface area contributed by atoms with E-state index in [4.69, 9.17) is 4.74 Å². The third-order valence-corrected chi connectivity index (χ3v) is 9.04. The van der Waals surface area contributed by atoms with E-state index < -0.39 is 0 Å². The first-order valence-electron chi connectivity index (χ1n) is 13.7. The zero-order valence-corrected chi connectivity index (χ0v) is 25.2. The Labute approximate surface area is 227 Å². The van der Waals surface area contributed by atoms with Gasteiger partial charge in [-0.05, 0) is 39.2 Å². The van der Waals surface area contributed by atoms with Crippen molar-refractivity contribution in [1.82, 2.24) is 0 Å². The van der Waals surface area contributed by atoms with E-state index in [2.05, 4.69) is 116 Å². The number of rotatable bonds is 10. The zero-order valence-electron chi connectivity index (χ0n) is 24.2. The van der Waals surface area contributed by atoms with Gasteiger partial charge in [-0.2, -0.15) is 0 Å². The largest absolute Gasteiger partial charge is 0.488 e. The summed E-state index contributed by atoms with van der Waals surface area (Å²) < 4.78 is 6.82. The first-order chi connectivity index (χ1) is 17.4. The average Bonchev–Trinajstić information content (AvgIpc) is 2.85. The predicted molar refractivity (Wildman–Crippen MR) is 162 cm³/mol. The Morgan fingerprint density at radius 2 is 1.41 bits per heavy atom. The minimum Gasteiger partial charge on any atom is -0.488 e. The van der Waals surface area contributed by atoms with E-state index in [1.54, 1.807) is 0 Å². The average molecular weight is 519 g/mol. The molecule has 0 saturated heterocycles. The van der Waals surface area contributed by atoms with Crippen molar-refractivity contribution < 1.29 is 9.84 Å². The molecule has 0 aliphatic heterocycles. The van der Waals surface area contributed by atoms with E-state index in [9.17, 15) is 5.11 Å². The highest BCUT2D eigenvalue weighted by Crippen LogP contribution is 2.52. The normalized spacial score (nSPS) is 14.2. The lowest BCUT2D eigenvalue weighted by molar-refractivity contribution is 0.283. The van der Waals surface area contributed by atoms with Crippen LogP contribution in [0.25, 0.3) is 0 Å². The van der Waals surface area contributed by atoms with E-state index >= 15 is 0 Å². The fraction of sp³-hybridized carbons (Fsp3) is 0.471. The number of ether oxygens (including phenoxy) is 1. The molecule has 0 saturated carbocycles. The van der Waals surface area contributed by atoms with Crippen LogP contribution >= 0.6 is 8.58 Å². The summed E-state index contributed by atoms with van der Waals surface area (Å²) >= 11 is 0. The van der Waals surface area contributed by atoms with Crippen LogP contribution in [0.15, 0.2) is 66.7 Å². The third kappa shape index (κ3) is 7.46. The smallest absolute Gasteiger partial charge is 0.127 e. The standard InChI is InChI=1S/C34H47O2P/c1-9-10-20-34(8,37-30-19-15-14-18-26(30)23-35)29-22-27(32(2,3)4)21-28(33(5,6)7)31(29)36-24-25-16-12-11-13-17-25/h11-19,21-22,35,37H,9-10,20,23-24H2,1-8H3. The summed E-state index contributed by atoms with van der Waals surface area (Å²) in [5.74, 6) is 1.04. The highest BCUT2D eigenvalue weighted by Gasteiger charge is 2.35. The highest BCUT2D eigenvalue weighted by atomic mass is 31.1. The van der Waals surface area contributed by atoms with Gasteiger partial charge in [0.1, 0.15) is 12.4 Å². The van der Waals surface area contributed by atoms with E-state index in [-0.39, 0.29) is 22.6 Å². The second-order valence-corrected chi connectivity index (χ2v) is 14.4. The summed E-state index contributed by atoms with van der Waals surface area (Å²) in [6.07, 6.45) is 3.36. The molecule has 2 nitrogen and oxygen atoms in total. The van der Waals surface area contributed by atoms with E-state index in [1.165, 1.54) is 27.6 Å². The van der Waals surface area contributed by atoms with E-state index in [0.29, 0.717) is 15.2 Å².